The fraction of sp³-hybridized carbons (Fsp3) is 0.0769. The van der Waals surface area contributed by atoms with Crippen LogP contribution in [-0.4, -0.2) is 0 Å². The van der Waals surface area contributed by atoms with Crippen LogP contribution in [0.5, 0.6) is 5.75 Å². The van der Waals surface area contributed by atoms with E-state index in [0.717, 1.165) is 16.7 Å². The van der Waals surface area contributed by atoms with Gasteiger partial charge >= 0.3 is 0 Å². The molecule has 4 heteroatoms. The highest BCUT2D eigenvalue weighted by Gasteiger charge is 2.16. The average molecular weight is 404 g/mol. The van der Waals surface area contributed by atoms with Crippen LogP contribution in [0.4, 0.5) is 13.2 Å². The number of hydrogen-bond acceptors (Lipinski definition) is 1. The molecule has 0 aromatic heterocycles. The molecule has 0 saturated carbocycles. The van der Waals surface area contributed by atoms with Crippen LogP contribution >= 0.6 is 0 Å². The lowest BCUT2D eigenvalue weighted by molar-refractivity contribution is 0.285. The second-order valence-corrected chi connectivity index (χ2v) is 7.07. The second-order valence-electron chi connectivity index (χ2n) is 7.07. The summed E-state index contributed by atoms with van der Waals surface area (Å²) in [4.78, 5) is 0. The lowest BCUT2D eigenvalue weighted by Crippen LogP contribution is -2.00. The molecule has 0 fully saturated rings. The number of halogens is 3. The van der Waals surface area contributed by atoms with Gasteiger partial charge in [0.1, 0.15) is 12.4 Å². The van der Waals surface area contributed by atoms with Gasteiger partial charge in [0.25, 0.3) is 0 Å². The Balaban J connectivity index is 1.49. The zero-order valence-corrected chi connectivity index (χ0v) is 16.3. The molecule has 30 heavy (non-hydrogen) atoms. The minimum Gasteiger partial charge on any atom is -0.486 e. The van der Waals surface area contributed by atoms with Gasteiger partial charge in [-0.25, -0.2) is 8.78 Å². The minimum atomic E-state index is -1.02. The van der Waals surface area contributed by atoms with Gasteiger partial charge in [0.15, 0.2) is 11.6 Å². The van der Waals surface area contributed by atoms with Gasteiger partial charge in [-0.15, -0.1) is 0 Å². The van der Waals surface area contributed by atoms with Gasteiger partial charge in [0.2, 0.25) is 5.82 Å². The molecule has 0 heterocycles. The highest BCUT2D eigenvalue weighted by atomic mass is 19.2. The normalized spacial score (nSPS) is 10.8. The Hall–Kier alpha value is -3.53. The fourth-order valence-corrected chi connectivity index (χ4v) is 3.28. The molecular weight excluding hydrogens is 385 g/mol. The van der Waals surface area contributed by atoms with E-state index in [1.54, 1.807) is 54.6 Å². The number of hydrogen-bond donors (Lipinski definition) is 0. The van der Waals surface area contributed by atoms with Crippen molar-refractivity contribution in [1.29, 1.82) is 0 Å². The van der Waals surface area contributed by atoms with Crippen molar-refractivity contribution in [2.75, 3.05) is 0 Å². The van der Waals surface area contributed by atoms with Crippen LogP contribution in [0.2, 0.25) is 0 Å². The summed E-state index contributed by atoms with van der Waals surface area (Å²) in [7, 11) is 0. The Labute approximate surface area is 173 Å². The lowest BCUT2D eigenvalue weighted by atomic mass is 10.0. The van der Waals surface area contributed by atoms with Crippen LogP contribution in [0.25, 0.3) is 22.3 Å². The molecule has 0 saturated heterocycles. The van der Waals surface area contributed by atoms with Crippen molar-refractivity contribution in [1.82, 2.24) is 0 Å². The van der Waals surface area contributed by atoms with Crippen LogP contribution in [0, 0.1) is 24.4 Å². The Morgan fingerprint density at radius 2 is 1.33 bits per heavy atom. The third kappa shape index (κ3) is 4.08. The van der Waals surface area contributed by atoms with E-state index >= 15 is 0 Å². The highest BCUT2D eigenvalue weighted by Crippen LogP contribution is 2.30. The zero-order chi connectivity index (χ0) is 21.1. The first-order valence-corrected chi connectivity index (χ1v) is 9.54. The molecule has 0 aliphatic carbocycles. The first-order valence-electron chi connectivity index (χ1n) is 9.54. The van der Waals surface area contributed by atoms with Crippen LogP contribution in [-0.2, 0) is 6.61 Å². The second kappa shape index (κ2) is 8.46. The number of benzene rings is 4. The standard InChI is InChI=1S/C26H19F3O/c1-17-7-12-21(23(27)15-17)20-10-8-18(9-11-20)16-30-24-14-13-22(25(28)26(24)29)19-5-3-2-4-6-19/h2-15H,16H2,1H3. The van der Waals surface area contributed by atoms with E-state index in [-0.39, 0.29) is 23.7 Å². The minimum absolute atomic E-state index is 0.0672. The highest BCUT2D eigenvalue weighted by molar-refractivity contribution is 5.66. The van der Waals surface area contributed by atoms with Gasteiger partial charge in [-0.05, 0) is 47.4 Å². The summed E-state index contributed by atoms with van der Waals surface area (Å²) in [6.07, 6.45) is 0. The van der Waals surface area contributed by atoms with Gasteiger partial charge in [-0.3, -0.25) is 0 Å². The van der Waals surface area contributed by atoms with Crippen molar-refractivity contribution in [3.05, 3.63) is 114 Å². The van der Waals surface area contributed by atoms with Crippen LogP contribution in [0.1, 0.15) is 11.1 Å². The molecule has 0 aliphatic heterocycles. The Kier molecular flexibility index (Phi) is 5.57. The van der Waals surface area contributed by atoms with Crippen molar-refractivity contribution < 1.29 is 17.9 Å². The van der Waals surface area contributed by atoms with Crippen molar-refractivity contribution in [3.8, 4) is 28.0 Å². The summed E-state index contributed by atoms with van der Waals surface area (Å²) in [5.74, 6) is -2.39. The molecule has 150 valence electrons. The monoisotopic (exact) mass is 404 g/mol. The van der Waals surface area contributed by atoms with Gasteiger partial charge < -0.3 is 4.74 Å². The number of rotatable bonds is 5. The summed E-state index contributed by atoms with van der Waals surface area (Å²) in [5, 5.41) is 0. The van der Waals surface area contributed by atoms with Gasteiger partial charge in [0.05, 0.1) is 0 Å². The van der Waals surface area contributed by atoms with E-state index < -0.39 is 11.6 Å². The van der Waals surface area contributed by atoms with Crippen LogP contribution < -0.4 is 4.74 Å². The maximum atomic E-state index is 14.5. The van der Waals surface area contributed by atoms with E-state index in [4.69, 9.17) is 4.74 Å². The molecule has 4 rings (SSSR count). The number of aryl methyl sites for hydroxylation is 1. The smallest absolute Gasteiger partial charge is 0.201 e. The topological polar surface area (TPSA) is 9.23 Å². The molecule has 0 amide bonds. The number of ether oxygens (including phenoxy) is 1. The van der Waals surface area contributed by atoms with E-state index in [9.17, 15) is 13.2 Å². The van der Waals surface area contributed by atoms with E-state index in [1.165, 1.54) is 18.2 Å². The lowest BCUT2D eigenvalue weighted by Gasteiger charge is -2.11. The Morgan fingerprint density at radius 3 is 2.03 bits per heavy atom. The molecule has 0 spiro atoms. The average Bonchev–Trinajstić information content (AvgIpc) is 2.76. The molecule has 0 unspecified atom stereocenters. The predicted octanol–water partition coefficient (Wildman–Crippen LogP) is 7.33. The summed E-state index contributed by atoms with van der Waals surface area (Å²) in [6.45, 7) is 1.90. The molecule has 0 aliphatic rings. The van der Waals surface area contributed by atoms with Gasteiger partial charge in [-0.2, -0.15) is 4.39 Å². The predicted molar refractivity (Wildman–Crippen MR) is 113 cm³/mol. The van der Waals surface area contributed by atoms with Crippen molar-refractivity contribution in [3.63, 3.8) is 0 Å². The third-order valence-corrected chi connectivity index (χ3v) is 4.92. The summed E-state index contributed by atoms with van der Waals surface area (Å²) in [5.41, 5.74) is 3.65. The van der Waals surface area contributed by atoms with Crippen molar-refractivity contribution in [2.24, 2.45) is 0 Å². The first-order chi connectivity index (χ1) is 14.5. The Bertz CT molecular complexity index is 1170. The third-order valence-electron chi connectivity index (χ3n) is 4.92. The Morgan fingerprint density at radius 1 is 0.667 bits per heavy atom. The maximum Gasteiger partial charge on any atom is 0.201 e. The fourth-order valence-electron chi connectivity index (χ4n) is 3.28. The molecule has 4 aromatic carbocycles. The van der Waals surface area contributed by atoms with E-state index in [2.05, 4.69) is 0 Å². The molecule has 0 radical (unpaired) electrons. The summed E-state index contributed by atoms with van der Waals surface area (Å²) in [6, 6.07) is 23.9. The SMILES string of the molecule is Cc1ccc(-c2ccc(COc3ccc(-c4ccccc4)c(F)c3F)cc2)c(F)c1. The molecular formula is C26H19F3O. The van der Waals surface area contributed by atoms with Crippen molar-refractivity contribution >= 4 is 0 Å². The summed E-state index contributed by atoms with van der Waals surface area (Å²) >= 11 is 0. The molecule has 0 bridgehead atoms. The molecule has 0 N–H and O–H groups in total. The first kappa shape index (κ1) is 19.8. The molecule has 0 atom stereocenters. The van der Waals surface area contributed by atoms with Crippen LogP contribution in [0.3, 0.4) is 0 Å². The molecule has 4 aromatic rings. The summed E-state index contributed by atoms with van der Waals surface area (Å²) < 4.78 is 48.6. The quantitative estimate of drug-likeness (QED) is 0.338. The molecule has 1 nitrogen and oxygen atoms in total. The maximum absolute atomic E-state index is 14.5. The van der Waals surface area contributed by atoms with Crippen molar-refractivity contribution in [2.45, 2.75) is 13.5 Å². The van der Waals surface area contributed by atoms with E-state index in [1.807, 2.05) is 19.1 Å². The zero-order valence-electron chi connectivity index (χ0n) is 16.3. The van der Waals surface area contributed by atoms with E-state index in [0.29, 0.717) is 11.1 Å². The van der Waals surface area contributed by atoms with Gasteiger partial charge in [-0.1, -0.05) is 66.7 Å². The van der Waals surface area contributed by atoms with Gasteiger partial charge in [0, 0.05) is 11.1 Å². The van der Waals surface area contributed by atoms with Crippen LogP contribution in [0.15, 0.2) is 84.9 Å². The largest absolute Gasteiger partial charge is 0.486 e.